The van der Waals surface area contributed by atoms with E-state index in [2.05, 4.69) is 6.58 Å². The number of carbonyl (C=O) groups excluding carboxylic acids is 1. The minimum absolute atomic E-state index is 0.0529. The van der Waals surface area contributed by atoms with Crippen molar-refractivity contribution in [3.8, 4) is 10.4 Å². The third-order valence-corrected chi connectivity index (χ3v) is 5.83. The summed E-state index contributed by atoms with van der Waals surface area (Å²) in [6.07, 6.45) is 4.07. The third kappa shape index (κ3) is 5.19. The molecular formula is C25H21NO5S. The van der Waals surface area contributed by atoms with Gasteiger partial charge in [-0.05, 0) is 42.3 Å². The van der Waals surface area contributed by atoms with Crippen LogP contribution in [0.3, 0.4) is 0 Å². The summed E-state index contributed by atoms with van der Waals surface area (Å²) in [7, 11) is 0. The highest BCUT2D eigenvalue weighted by atomic mass is 32.1. The Hall–Kier alpha value is -3.97. The van der Waals surface area contributed by atoms with Crippen LogP contribution in [0.4, 0.5) is 5.69 Å². The molecule has 3 aromatic rings. The SMILES string of the molecule is C=CCN(C(=O)c1ccc(C)cc1)c1cc(-c2ccc(/C=C/C(=O)O)cc2)sc1C(=O)O. The van der Waals surface area contributed by atoms with Gasteiger partial charge < -0.3 is 15.1 Å². The molecule has 1 amide bonds. The summed E-state index contributed by atoms with van der Waals surface area (Å²) in [5.41, 5.74) is 3.24. The van der Waals surface area contributed by atoms with Crippen molar-refractivity contribution in [1.82, 2.24) is 0 Å². The lowest BCUT2D eigenvalue weighted by molar-refractivity contribution is -0.131. The number of rotatable bonds is 8. The average Bonchev–Trinajstić information content (AvgIpc) is 3.22. The molecule has 0 atom stereocenters. The van der Waals surface area contributed by atoms with Crippen LogP contribution in [0.15, 0.2) is 73.3 Å². The number of thiophene rings is 1. The van der Waals surface area contributed by atoms with Crippen LogP contribution in [0.5, 0.6) is 0 Å². The van der Waals surface area contributed by atoms with Gasteiger partial charge >= 0.3 is 11.9 Å². The predicted octanol–water partition coefficient (Wildman–Crippen LogP) is 5.35. The second-order valence-electron chi connectivity index (χ2n) is 6.99. The highest BCUT2D eigenvalue weighted by Gasteiger charge is 2.25. The van der Waals surface area contributed by atoms with Gasteiger partial charge in [0.25, 0.3) is 5.91 Å². The van der Waals surface area contributed by atoms with Crippen LogP contribution < -0.4 is 4.90 Å². The van der Waals surface area contributed by atoms with Crippen LogP contribution in [0, 0.1) is 6.92 Å². The fourth-order valence-corrected chi connectivity index (χ4v) is 4.08. The summed E-state index contributed by atoms with van der Waals surface area (Å²) in [6, 6.07) is 15.8. The molecule has 0 saturated carbocycles. The number of aromatic carboxylic acids is 1. The average molecular weight is 448 g/mol. The highest BCUT2D eigenvalue weighted by molar-refractivity contribution is 7.18. The van der Waals surface area contributed by atoms with E-state index in [4.69, 9.17) is 5.11 Å². The van der Waals surface area contributed by atoms with Crippen molar-refractivity contribution >= 4 is 40.9 Å². The minimum Gasteiger partial charge on any atom is -0.478 e. The van der Waals surface area contributed by atoms with E-state index in [9.17, 15) is 19.5 Å². The zero-order valence-corrected chi connectivity index (χ0v) is 18.1. The number of hydrogen-bond acceptors (Lipinski definition) is 4. The third-order valence-electron chi connectivity index (χ3n) is 4.67. The second-order valence-corrected chi connectivity index (χ2v) is 8.05. The summed E-state index contributed by atoms with van der Waals surface area (Å²) in [4.78, 5) is 38.0. The predicted molar refractivity (Wildman–Crippen MR) is 126 cm³/mol. The van der Waals surface area contributed by atoms with Gasteiger partial charge in [-0.1, -0.05) is 48.0 Å². The molecule has 0 aliphatic carbocycles. The zero-order valence-electron chi connectivity index (χ0n) is 17.3. The van der Waals surface area contributed by atoms with E-state index in [1.54, 1.807) is 48.5 Å². The van der Waals surface area contributed by atoms with Crippen LogP contribution in [-0.4, -0.2) is 34.6 Å². The van der Waals surface area contributed by atoms with Crippen LogP contribution in [0.1, 0.15) is 31.2 Å². The lowest BCUT2D eigenvalue weighted by atomic mass is 10.1. The van der Waals surface area contributed by atoms with Crippen molar-refractivity contribution in [1.29, 1.82) is 0 Å². The molecule has 7 heteroatoms. The van der Waals surface area contributed by atoms with Crippen molar-refractivity contribution in [2.75, 3.05) is 11.4 Å². The summed E-state index contributed by atoms with van der Waals surface area (Å²) < 4.78 is 0. The number of aryl methyl sites for hydroxylation is 1. The van der Waals surface area contributed by atoms with Gasteiger partial charge in [0, 0.05) is 23.1 Å². The summed E-state index contributed by atoms with van der Waals surface area (Å²) in [6.45, 7) is 5.79. The van der Waals surface area contributed by atoms with Gasteiger partial charge in [0.1, 0.15) is 4.88 Å². The molecule has 0 bridgehead atoms. The molecule has 32 heavy (non-hydrogen) atoms. The number of nitrogens with zero attached hydrogens (tertiary/aromatic N) is 1. The van der Waals surface area contributed by atoms with Crippen molar-refractivity contribution in [3.63, 3.8) is 0 Å². The Bertz CT molecular complexity index is 1190. The van der Waals surface area contributed by atoms with E-state index >= 15 is 0 Å². The van der Waals surface area contributed by atoms with E-state index in [1.165, 1.54) is 11.0 Å². The number of carboxylic acids is 2. The zero-order chi connectivity index (χ0) is 23.3. The molecule has 2 N–H and O–H groups in total. The standard InChI is InChI=1S/C25H21NO5S/c1-3-14-26(24(29)19-9-4-16(2)5-10-19)20-15-21(32-23(20)25(30)31)18-11-6-17(7-12-18)8-13-22(27)28/h3-13,15H,1,14H2,2H3,(H,27,28)(H,30,31)/b13-8+. The van der Waals surface area contributed by atoms with Crippen molar-refractivity contribution in [2.24, 2.45) is 0 Å². The molecule has 0 saturated heterocycles. The first kappa shape index (κ1) is 22.7. The van der Waals surface area contributed by atoms with Gasteiger partial charge in [0.15, 0.2) is 0 Å². The quantitative estimate of drug-likeness (QED) is 0.358. The van der Waals surface area contributed by atoms with E-state index in [0.717, 1.165) is 28.5 Å². The van der Waals surface area contributed by atoms with Crippen molar-refractivity contribution in [2.45, 2.75) is 6.92 Å². The van der Waals surface area contributed by atoms with Crippen LogP contribution in [0.2, 0.25) is 0 Å². The molecule has 0 unspecified atom stereocenters. The first-order valence-electron chi connectivity index (χ1n) is 9.68. The molecule has 0 radical (unpaired) electrons. The molecule has 0 aliphatic heterocycles. The monoisotopic (exact) mass is 447 g/mol. The van der Waals surface area contributed by atoms with Gasteiger partial charge in [-0.2, -0.15) is 0 Å². The Morgan fingerprint density at radius 1 is 1.03 bits per heavy atom. The lowest BCUT2D eigenvalue weighted by Crippen LogP contribution is -2.31. The number of amides is 1. The smallest absolute Gasteiger partial charge is 0.348 e. The molecule has 0 fully saturated rings. The Labute approximate surface area is 189 Å². The van der Waals surface area contributed by atoms with E-state index in [0.29, 0.717) is 21.7 Å². The van der Waals surface area contributed by atoms with Crippen LogP contribution in [0.25, 0.3) is 16.5 Å². The Morgan fingerprint density at radius 2 is 1.69 bits per heavy atom. The fourth-order valence-electron chi connectivity index (χ4n) is 3.08. The molecular weight excluding hydrogens is 426 g/mol. The first-order valence-corrected chi connectivity index (χ1v) is 10.5. The molecule has 1 heterocycles. The van der Waals surface area contributed by atoms with E-state index in [-0.39, 0.29) is 17.3 Å². The second kappa shape index (κ2) is 9.89. The van der Waals surface area contributed by atoms with Crippen LogP contribution in [-0.2, 0) is 4.79 Å². The Morgan fingerprint density at radius 3 is 2.25 bits per heavy atom. The van der Waals surface area contributed by atoms with Gasteiger partial charge in [-0.3, -0.25) is 4.79 Å². The van der Waals surface area contributed by atoms with Crippen molar-refractivity contribution in [3.05, 3.63) is 94.9 Å². The fraction of sp³-hybridized carbons (Fsp3) is 0.0800. The topological polar surface area (TPSA) is 94.9 Å². The highest BCUT2D eigenvalue weighted by Crippen LogP contribution is 2.37. The number of aliphatic carboxylic acids is 1. The normalized spacial score (nSPS) is 10.8. The Kier molecular flexibility index (Phi) is 7.02. The molecule has 0 aliphatic rings. The minimum atomic E-state index is -1.12. The van der Waals surface area contributed by atoms with Crippen molar-refractivity contribution < 1.29 is 24.6 Å². The number of carboxylic acid groups (broad SMARTS) is 2. The lowest BCUT2D eigenvalue weighted by Gasteiger charge is -2.21. The number of anilines is 1. The molecule has 162 valence electrons. The molecule has 6 nitrogen and oxygen atoms in total. The van der Waals surface area contributed by atoms with E-state index < -0.39 is 11.9 Å². The van der Waals surface area contributed by atoms with Gasteiger partial charge in [-0.15, -0.1) is 17.9 Å². The summed E-state index contributed by atoms with van der Waals surface area (Å²) >= 11 is 1.07. The number of hydrogen-bond donors (Lipinski definition) is 2. The van der Waals surface area contributed by atoms with E-state index in [1.807, 2.05) is 19.1 Å². The largest absolute Gasteiger partial charge is 0.478 e. The maximum Gasteiger partial charge on any atom is 0.348 e. The Balaban J connectivity index is 2.00. The first-order chi connectivity index (χ1) is 15.3. The molecule has 1 aromatic heterocycles. The number of carbonyl (C=O) groups is 3. The number of benzene rings is 2. The maximum atomic E-state index is 13.2. The molecule has 3 rings (SSSR count). The molecule has 2 aromatic carbocycles. The van der Waals surface area contributed by atoms with Crippen LogP contribution >= 0.6 is 11.3 Å². The maximum absolute atomic E-state index is 13.2. The summed E-state index contributed by atoms with van der Waals surface area (Å²) in [5, 5.41) is 18.5. The van der Waals surface area contributed by atoms with Gasteiger partial charge in [0.05, 0.1) is 5.69 Å². The molecule has 0 spiro atoms. The summed E-state index contributed by atoms with van der Waals surface area (Å²) in [5.74, 6) is -2.47. The van der Waals surface area contributed by atoms with Gasteiger partial charge in [0.2, 0.25) is 0 Å². The van der Waals surface area contributed by atoms with Gasteiger partial charge in [-0.25, -0.2) is 9.59 Å².